The molecule has 0 aliphatic rings. The minimum absolute atomic E-state index is 0.129. The van der Waals surface area contributed by atoms with Crippen molar-refractivity contribution in [2.75, 3.05) is 53.5 Å². The van der Waals surface area contributed by atoms with E-state index >= 15 is 0 Å². The van der Waals surface area contributed by atoms with Crippen LogP contribution in [0.25, 0.3) is 0 Å². The molecule has 0 rings (SSSR count). The summed E-state index contributed by atoms with van der Waals surface area (Å²) < 4.78 is 4.80. The molecule has 0 aromatic rings. The molecule has 0 aliphatic carbocycles. The lowest BCUT2D eigenvalue weighted by molar-refractivity contribution is -0.124. The summed E-state index contributed by atoms with van der Waals surface area (Å²) in [6, 6.07) is 0. The lowest BCUT2D eigenvalue weighted by atomic mass is 10.4. The zero-order chi connectivity index (χ0) is 13.1. The van der Waals surface area contributed by atoms with Crippen molar-refractivity contribution in [3.63, 3.8) is 0 Å². The maximum absolute atomic E-state index is 11.4. The predicted octanol–water partition coefficient (Wildman–Crippen LogP) is -2.24. The molecule has 0 aromatic heterocycles. The fourth-order valence-electron chi connectivity index (χ4n) is 1.16. The predicted molar refractivity (Wildman–Crippen MR) is 64.4 cm³/mol. The van der Waals surface area contributed by atoms with E-state index in [-0.39, 0.29) is 24.9 Å². The maximum Gasteiger partial charge on any atom is 0.234 e. The average Bonchev–Trinajstić information content (AvgIpc) is 2.26. The van der Waals surface area contributed by atoms with E-state index in [0.717, 1.165) is 0 Å². The van der Waals surface area contributed by atoms with Crippen LogP contribution in [0.3, 0.4) is 0 Å². The largest absolute Gasteiger partial charge is 0.383 e. The summed E-state index contributed by atoms with van der Waals surface area (Å²) in [5.74, 6) is -0.265. The third-order valence-electron chi connectivity index (χ3n) is 1.92. The Morgan fingerprint density at radius 2 is 1.71 bits per heavy atom. The van der Waals surface area contributed by atoms with Gasteiger partial charge in [-0.05, 0) is 7.05 Å². The van der Waals surface area contributed by atoms with E-state index in [1.54, 1.807) is 19.1 Å². The van der Waals surface area contributed by atoms with Gasteiger partial charge in [-0.25, -0.2) is 0 Å². The molecule has 0 bridgehead atoms. The van der Waals surface area contributed by atoms with Gasteiger partial charge in [-0.2, -0.15) is 0 Å². The highest BCUT2D eigenvalue weighted by Crippen LogP contribution is 1.82. The highest BCUT2D eigenvalue weighted by Gasteiger charge is 2.09. The van der Waals surface area contributed by atoms with E-state index in [1.807, 2.05) is 0 Å². The van der Waals surface area contributed by atoms with E-state index in [4.69, 9.17) is 10.5 Å². The van der Waals surface area contributed by atoms with Gasteiger partial charge < -0.3 is 21.1 Å². The van der Waals surface area contributed by atoms with Crippen LogP contribution in [0.15, 0.2) is 0 Å². The molecule has 0 aromatic carbocycles. The molecule has 0 saturated carbocycles. The monoisotopic (exact) mass is 246 g/mol. The lowest BCUT2D eigenvalue weighted by Crippen LogP contribution is -2.42. The number of carbonyl (C=O) groups is 2. The maximum atomic E-state index is 11.4. The Morgan fingerprint density at radius 3 is 2.18 bits per heavy atom. The Labute approximate surface area is 102 Å². The Kier molecular flexibility index (Phi) is 9.31. The van der Waals surface area contributed by atoms with Gasteiger partial charge in [-0.1, -0.05) is 0 Å². The summed E-state index contributed by atoms with van der Waals surface area (Å²) in [7, 11) is 3.28. The minimum atomic E-state index is -0.136. The number of nitrogens with one attached hydrogen (secondary N) is 2. The first-order valence-corrected chi connectivity index (χ1v) is 5.51. The molecule has 2 amide bonds. The first-order chi connectivity index (χ1) is 8.10. The van der Waals surface area contributed by atoms with Crippen molar-refractivity contribution in [1.29, 1.82) is 0 Å². The van der Waals surface area contributed by atoms with Crippen molar-refractivity contribution in [2.45, 2.75) is 0 Å². The Hall–Kier alpha value is -1.18. The molecule has 0 radical (unpaired) electrons. The Balaban J connectivity index is 3.65. The summed E-state index contributed by atoms with van der Waals surface area (Å²) in [6.07, 6.45) is 0. The first-order valence-electron chi connectivity index (χ1n) is 5.51. The van der Waals surface area contributed by atoms with Crippen molar-refractivity contribution >= 4 is 11.8 Å². The molecule has 0 atom stereocenters. The van der Waals surface area contributed by atoms with Gasteiger partial charge in [0.25, 0.3) is 0 Å². The normalized spacial score (nSPS) is 10.4. The van der Waals surface area contributed by atoms with Crippen LogP contribution in [0.2, 0.25) is 0 Å². The summed E-state index contributed by atoms with van der Waals surface area (Å²) in [5.41, 5.74) is 5.25. The minimum Gasteiger partial charge on any atom is -0.383 e. The lowest BCUT2D eigenvalue weighted by Gasteiger charge is -2.15. The van der Waals surface area contributed by atoms with Crippen molar-refractivity contribution in [2.24, 2.45) is 5.73 Å². The third kappa shape index (κ3) is 9.73. The topological polar surface area (TPSA) is 96.7 Å². The Morgan fingerprint density at radius 1 is 1.18 bits per heavy atom. The summed E-state index contributed by atoms with van der Waals surface area (Å²) in [4.78, 5) is 24.3. The number of nitrogens with zero attached hydrogens (tertiary/aromatic N) is 1. The molecule has 7 nitrogen and oxygen atoms in total. The van der Waals surface area contributed by atoms with Gasteiger partial charge in [-0.3, -0.25) is 14.5 Å². The van der Waals surface area contributed by atoms with Crippen molar-refractivity contribution in [3.05, 3.63) is 0 Å². The second kappa shape index (κ2) is 10.0. The van der Waals surface area contributed by atoms with E-state index < -0.39 is 0 Å². The fourth-order valence-corrected chi connectivity index (χ4v) is 1.16. The SMILES string of the molecule is COCCNC(=O)CN(C)CC(=O)NCCN. The second-order valence-corrected chi connectivity index (χ2v) is 3.65. The highest BCUT2D eigenvalue weighted by atomic mass is 16.5. The van der Waals surface area contributed by atoms with E-state index in [0.29, 0.717) is 26.2 Å². The third-order valence-corrected chi connectivity index (χ3v) is 1.92. The molecule has 7 heteroatoms. The first kappa shape index (κ1) is 15.8. The summed E-state index contributed by atoms with van der Waals surface area (Å²) in [5, 5.41) is 5.31. The summed E-state index contributed by atoms with van der Waals surface area (Å²) in [6.45, 7) is 2.17. The Bertz CT molecular complexity index is 236. The van der Waals surface area contributed by atoms with Crippen LogP contribution in [0.5, 0.6) is 0 Å². The van der Waals surface area contributed by atoms with Crippen LogP contribution >= 0.6 is 0 Å². The van der Waals surface area contributed by atoms with Gasteiger partial charge in [0.1, 0.15) is 0 Å². The van der Waals surface area contributed by atoms with Gasteiger partial charge in [0.2, 0.25) is 11.8 Å². The number of hydrogen-bond donors (Lipinski definition) is 3. The van der Waals surface area contributed by atoms with E-state index in [9.17, 15) is 9.59 Å². The van der Waals surface area contributed by atoms with Crippen LogP contribution in [-0.2, 0) is 14.3 Å². The van der Waals surface area contributed by atoms with Crippen LogP contribution in [-0.4, -0.2) is 70.2 Å². The number of likely N-dealkylation sites (N-methyl/N-ethyl adjacent to an activating group) is 1. The van der Waals surface area contributed by atoms with Crippen molar-refractivity contribution in [3.8, 4) is 0 Å². The molecule has 0 spiro atoms. The molecule has 17 heavy (non-hydrogen) atoms. The number of carbonyl (C=O) groups excluding carboxylic acids is 2. The fraction of sp³-hybridized carbons (Fsp3) is 0.800. The number of ether oxygens (including phenoxy) is 1. The number of amides is 2. The zero-order valence-electron chi connectivity index (χ0n) is 10.5. The van der Waals surface area contributed by atoms with Gasteiger partial charge in [-0.15, -0.1) is 0 Å². The smallest absolute Gasteiger partial charge is 0.234 e. The molecule has 0 fully saturated rings. The number of rotatable bonds is 9. The molecular formula is C10H22N4O3. The van der Waals surface area contributed by atoms with Crippen LogP contribution in [0.4, 0.5) is 0 Å². The quantitative estimate of drug-likeness (QED) is 0.400. The summed E-state index contributed by atoms with van der Waals surface area (Å²) >= 11 is 0. The second-order valence-electron chi connectivity index (χ2n) is 3.65. The average molecular weight is 246 g/mol. The van der Waals surface area contributed by atoms with Crippen LogP contribution in [0.1, 0.15) is 0 Å². The molecule has 0 aliphatic heterocycles. The van der Waals surface area contributed by atoms with Crippen LogP contribution in [0, 0.1) is 0 Å². The standard InChI is InChI=1S/C10H22N4O3/c1-14(7-9(15)12-4-3-11)8-10(16)13-5-6-17-2/h3-8,11H2,1-2H3,(H,12,15)(H,13,16). The molecule has 0 heterocycles. The highest BCUT2D eigenvalue weighted by molar-refractivity contribution is 5.81. The van der Waals surface area contributed by atoms with Crippen molar-refractivity contribution < 1.29 is 14.3 Å². The number of hydrogen-bond acceptors (Lipinski definition) is 5. The van der Waals surface area contributed by atoms with Crippen LogP contribution < -0.4 is 16.4 Å². The van der Waals surface area contributed by atoms with Gasteiger partial charge in [0.15, 0.2) is 0 Å². The number of nitrogens with two attached hydrogens (primary N) is 1. The number of methoxy groups -OCH3 is 1. The van der Waals surface area contributed by atoms with E-state index in [2.05, 4.69) is 10.6 Å². The molecule has 0 saturated heterocycles. The zero-order valence-corrected chi connectivity index (χ0v) is 10.5. The molecule has 4 N–H and O–H groups in total. The van der Waals surface area contributed by atoms with Gasteiger partial charge >= 0.3 is 0 Å². The molecule has 0 unspecified atom stereocenters. The molecular weight excluding hydrogens is 224 g/mol. The van der Waals surface area contributed by atoms with Gasteiger partial charge in [0, 0.05) is 26.7 Å². The van der Waals surface area contributed by atoms with Gasteiger partial charge in [0.05, 0.1) is 19.7 Å². The van der Waals surface area contributed by atoms with Crippen molar-refractivity contribution in [1.82, 2.24) is 15.5 Å². The van der Waals surface area contributed by atoms with E-state index in [1.165, 1.54) is 0 Å². The molecule has 100 valence electrons.